The number of anilines is 2. The zero-order valence-electron chi connectivity index (χ0n) is 22.9. The van der Waals surface area contributed by atoms with Gasteiger partial charge in [0.15, 0.2) is 0 Å². The molecular formula is C34H27N3O5S. The number of para-hydroxylation sites is 1. The molecule has 5 aromatic rings. The summed E-state index contributed by atoms with van der Waals surface area (Å²) in [4.78, 5) is 39.1. The van der Waals surface area contributed by atoms with Gasteiger partial charge in [0.05, 0.1) is 12.0 Å². The highest BCUT2D eigenvalue weighted by atomic mass is 32.2. The maximum Gasteiger partial charge on any atom is 0.272 e. The van der Waals surface area contributed by atoms with Gasteiger partial charge in [-0.25, -0.2) is 0 Å². The van der Waals surface area contributed by atoms with Gasteiger partial charge in [-0.15, -0.1) is 11.8 Å². The maximum atomic E-state index is 13.1. The summed E-state index contributed by atoms with van der Waals surface area (Å²) in [5.41, 5.74) is 1.64. The lowest BCUT2D eigenvalue weighted by atomic mass is 10.2. The third-order valence-corrected chi connectivity index (χ3v) is 6.97. The number of thioether (sulfide) groups is 1. The van der Waals surface area contributed by atoms with Crippen molar-refractivity contribution in [3.05, 3.63) is 145 Å². The normalized spacial score (nSPS) is 10.9. The van der Waals surface area contributed by atoms with E-state index in [1.807, 2.05) is 42.5 Å². The average molecular weight is 590 g/mol. The number of amides is 3. The number of rotatable bonds is 11. The molecule has 0 radical (unpaired) electrons. The predicted octanol–water partition coefficient (Wildman–Crippen LogP) is 7.21. The molecule has 0 saturated carbocycles. The number of benzene rings is 4. The quantitative estimate of drug-likeness (QED) is 0.111. The summed E-state index contributed by atoms with van der Waals surface area (Å²) in [7, 11) is 0. The topological polar surface area (TPSA) is 110 Å². The van der Waals surface area contributed by atoms with E-state index < -0.39 is 11.8 Å². The van der Waals surface area contributed by atoms with E-state index >= 15 is 0 Å². The summed E-state index contributed by atoms with van der Waals surface area (Å²) < 4.78 is 11.1. The monoisotopic (exact) mass is 589 g/mol. The maximum absolute atomic E-state index is 13.1. The fourth-order valence-corrected chi connectivity index (χ4v) is 4.57. The molecule has 0 spiro atoms. The van der Waals surface area contributed by atoms with Crippen LogP contribution in [-0.2, 0) is 9.59 Å². The Balaban J connectivity index is 1.13. The van der Waals surface area contributed by atoms with Gasteiger partial charge in [0.2, 0.25) is 5.91 Å². The predicted molar refractivity (Wildman–Crippen MR) is 168 cm³/mol. The highest BCUT2D eigenvalue weighted by molar-refractivity contribution is 8.00. The molecule has 214 valence electrons. The van der Waals surface area contributed by atoms with Crippen molar-refractivity contribution in [2.75, 3.05) is 16.4 Å². The standard InChI is InChI=1S/C34H27N3O5S/c38-32(35-25-13-17-28(18-14-25)42-27-10-5-2-6-11-27)23-43-30-19-15-26(16-20-30)36-34(40)31(22-29-12-7-21-41-29)37-33(39)24-8-3-1-4-9-24/h1-22H,23H2,(H,35,38)(H,36,40)(H,37,39)/b31-22-. The average Bonchev–Trinajstić information content (AvgIpc) is 3.55. The highest BCUT2D eigenvalue weighted by Gasteiger charge is 2.16. The summed E-state index contributed by atoms with van der Waals surface area (Å²) in [5, 5.41) is 8.34. The summed E-state index contributed by atoms with van der Waals surface area (Å²) >= 11 is 1.37. The number of hydrogen-bond acceptors (Lipinski definition) is 6. The van der Waals surface area contributed by atoms with Crippen molar-refractivity contribution in [1.29, 1.82) is 0 Å². The Kier molecular flexibility index (Phi) is 9.69. The van der Waals surface area contributed by atoms with Crippen molar-refractivity contribution in [2.45, 2.75) is 4.90 Å². The van der Waals surface area contributed by atoms with Gasteiger partial charge >= 0.3 is 0 Å². The molecule has 5 rings (SSSR count). The van der Waals surface area contributed by atoms with Gasteiger partial charge in [0, 0.05) is 27.9 Å². The number of hydrogen-bond donors (Lipinski definition) is 3. The molecule has 0 aliphatic carbocycles. The lowest BCUT2D eigenvalue weighted by molar-refractivity contribution is -0.114. The van der Waals surface area contributed by atoms with Crippen LogP contribution in [0, 0.1) is 0 Å². The third-order valence-electron chi connectivity index (χ3n) is 5.96. The third kappa shape index (κ3) is 8.72. The van der Waals surface area contributed by atoms with E-state index in [4.69, 9.17) is 9.15 Å². The molecule has 1 heterocycles. The van der Waals surface area contributed by atoms with E-state index in [-0.39, 0.29) is 17.4 Å². The number of nitrogens with one attached hydrogen (secondary N) is 3. The molecule has 0 unspecified atom stereocenters. The van der Waals surface area contributed by atoms with Crippen LogP contribution in [0.15, 0.2) is 143 Å². The van der Waals surface area contributed by atoms with Gasteiger partial charge in [0.1, 0.15) is 23.0 Å². The van der Waals surface area contributed by atoms with Crippen molar-refractivity contribution in [2.24, 2.45) is 0 Å². The fourth-order valence-electron chi connectivity index (χ4n) is 3.87. The Morgan fingerprint density at radius 2 is 1.33 bits per heavy atom. The van der Waals surface area contributed by atoms with E-state index in [0.717, 1.165) is 10.6 Å². The van der Waals surface area contributed by atoms with Gasteiger partial charge in [-0.3, -0.25) is 14.4 Å². The summed E-state index contributed by atoms with van der Waals surface area (Å²) in [6, 6.07) is 35.7. The second kappa shape index (κ2) is 14.4. The molecule has 8 nitrogen and oxygen atoms in total. The van der Waals surface area contributed by atoms with Crippen LogP contribution in [0.4, 0.5) is 11.4 Å². The second-order valence-electron chi connectivity index (χ2n) is 9.15. The number of ether oxygens (including phenoxy) is 1. The molecule has 0 bridgehead atoms. The number of carbonyl (C=O) groups is 3. The van der Waals surface area contributed by atoms with Crippen molar-refractivity contribution in [3.8, 4) is 11.5 Å². The van der Waals surface area contributed by atoms with Gasteiger partial charge in [-0.1, -0.05) is 36.4 Å². The van der Waals surface area contributed by atoms with E-state index in [2.05, 4.69) is 16.0 Å². The van der Waals surface area contributed by atoms with Crippen LogP contribution >= 0.6 is 11.8 Å². The molecule has 9 heteroatoms. The minimum absolute atomic E-state index is 0.0265. The van der Waals surface area contributed by atoms with Crippen molar-refractivity contribution >= 4 is 46.9 Å². The molecule has 0 aliphatic heterocycles. The van der Waals surface area contributed by atoms with Crippen LogP contribution in [0.3, 0.4) is 0 Å². The molecule has 3 N–H and O–H groups in total. The van der Waals surface area contributed by atoms with Crippen LogP contribution in [0.25, 0.3) is 6.08 Å². The molecule has 0 saturated heterocycles. The smallest absolute Gasteiger partial charge is 0.272 e. The molecule has 0 aliphatic rings. The molecule has 4 aromatic carbocycles. The highest BCUT2D eigenvalue weighted by Crippen LogP contribution is 2.24. The fraction of sp³-hybridized carbons (Fsp3) is 0.0294. The van der Waals surface area contributed by atoms with Crippen LogP contribution in [0.2, 0.25) is 0 Å². The molecular weight excluding hydrogens is 562 g/mol. The second-order valence-corrected chi connectivity index (χ2v) is 10.2. The zero-order valence-corrected chi connectivity index (χ0v) is 23.7. The summed E-state index contributed by atoms with van der Waals surface area (Å²) in [6.45, 7) is 0. The van der Waals surface area contributed by atoms with Crippen molar-refractivity contribution < 1.29 is 23.5 Å². The van der Waals surface area contributed by atoms with Gasteiger partial charge in [-0.2, -0.15) is 0 Å². The minimum atomic E-state index is -0.513. The van der Waals surface area contributed by atoms with Crippen LogP contribution < -0.4 is 20.7 Å². The molecule has 0 atom stereocenters. The Bertz CT molecular complexity index is 1690. The molecule has 0 fully saturated rings. The Morgan fingerprint density at radius 3 is 2.00 bits per heavy atom. The van der Waals surface area contributed by atoms with Gasteiger partial charge < -0.3 is 25.1 Å². The Hall–Kier alpha value is -5.54. The van der Waals surface area contributed by atoms with E-state index in [1.165, 1.54) is 24.1 Å². The van der Waals surface area contributed by atoms with Gasteiger partial charge in [0.25, 0.3) is 11.8 Å². The van der Waals surface area contributed by atoms with Crippen LogP contribution in [-0.4, -0.2) is 23.5 Å². The van der Waals surface area contributed by atoms with Gasteiger partial charge in [-0.05, 0) is 84.9 Å². The lowest BCUT2D eigenvalue weighted by Crippen LogP contribution is -2.30. The SMILES string of the molecule is O=C(CSc1ccc(NC(=O)/C(=C/c2ccco2)NC(=O)c2ccccc2)cc1)Nc1ccc(Oc2ccccc2)cc1. The van der Waals surface area contributed by atoms with E-state index in [9.17, 15) is 14.4 Å². The van der Waals surface area contributed by atoms with Crippen molar-refractivity contribution in [3.63, 3.8) is 0 Å². The first-order chi connectivity index (χ1) is 21.0. The van der Waals surface area contributed by atoms with E-state index in [1.54, 1.807) is 78.9 Å². The zero-order chi connectivity index (χ0) is 29.9. The van der Waals surface area contributed by atoms with Crippen LogP contribution in [0.1, 0.15) is 16.1 Å². The summed E-state index contributed by atoms with van der Waals surface area (Å²) in [6.07, 6.45) is 2.94. The van der Waals surface area contributed by atoms with Crippen LogP contribution in [0.5, 0.6) is 11.5 Å². The first kappa shape index (κ1) is 29.0. The molecule has 43 heavy (non-hydrogen) atoms. The Labute approximate surface area is 252 Å². The first-order valence-electron chi connectivity index (χ1n) is 13.3. The number of carbonyl (C=O) groups excluding carboxylic acids is 3. The minimum Gasteiger partial charge on any atom is -0.465 e. The van der Waals surface area contributed by atoms with E-state index in [0.29, 0.717) is 28.4 Å². The number of furan rings is 1. The first-order valence-corrected chi connectivity index (χ1v) is 14.3. The molecule has 1 aromatic heterocycles. The molecule has 3 amide bonds. The summed E-state index contributed by atoms with van der Waals surface area (Å²) in [5.74, 6) is 0.946. The lowest BCUT2D eigenvalue weighted by Gasteiger charge is -2.11. The van der Waals surface area contributed by atoms with Crippen molar-refractivity contribution in [1.82, 2.24) is 5.32 Å². The largest absolute Gasteiger partial charge is 0.465 e. The Morgan fingerprint density at radius 1 is 0.698 bits per heavy atom.